The Labute approximate surface area is 155 Å². The van der Waals surface area contributed by atoms with Crippen molar-refractivity contribution in [3.8, 4) is 0 Å². The molecule has 0 fully saturated rings. The number of thiophene rings is 1. The second-order valence-corrected chi connectivity index (χ2v) is 6.23. The smallest absolute Gasteiger partial charge is 0.191 e. The van der Waals surface area contributed by atoms with Crippen molar-refractivity contribution in [2.75, 3.05) is 13.6 Å². The average Bonchev–Trinajstić information content (AvgIpc) is 3.07. The van der Waals surface area contributed by atoms with Crippen LogP contribution in [0.3, 0.4) is 0 Å². The first kappa shape index (κ1) is 19.2. The lowest BCUT2D eigenvalue weighted by Gasteiger charge is -2.14. The van der Waals surface area contributed by atoms with Crippen molar-refractivity contribution in [2.45, 2.75) is 12.6 Å². The standard InChI is InChI=1S/C13H18ClN5OS.HI/c1-15-13(16-5-9-6-18-19(2)8-9)17-7-10(20)11-3-4-12(14)21-11;/h3-4,6,8,10,20H,5,7H2,1-2H3,(H2,15,16,17);1H. The maximum Gasteiger partial charge on any atom is 0.191 e. The maximum absolute atomic E-state index is 10.1. The van der Waals surface area contributed by atoms with Gasteiger partial charge in [0.1, 0.15) is 6.10 Å². The Balaban J connectivity index is 0.00000242. The summed E-state index contributed by atoms with van der Waals surface area (Å²) >= 11 is 7.23. The molecule has 6 nitrogen and oxygen atoms in total. The van der Waals surface area contributed by atoms with E-state index in [2.05, 4.69) is 20.7 Å². The fourth-order valence-corrected chi connectivity index (χ4v) is 2.82. The molecule has 2 aromatic heterocycles. The van der Waals surface area contributed by atoms with Crippen molar-refractivity contribution in [3.63, 3.8) is 0 Å². The van der Waals surface area contributed by atoms with Crippen LogP contribution in [0.25, 0.3) is 0 Å². The van der Waals surface area contributed by atoms with Gasteiger partial charge in [-0.2, -0.15) is 5.10 Å². The summed E-state index contributed by atoms with van der Waals surface area (Å²) < 4.78 is 2.42. The van der Waals surface area contributed by atoms with Crippen LogP contribution in [0.1, 0.15) is 16.5 Å². The number of halogens is 2. The highest BCUT2D eigenvalue weighted by Gasteiger charge is 2.11. The molecule has 122 valence electrons. The summed E-state index contributed by atoms with van der Waals surface area (Å²) in [6.07, 6.45) is 3.12. The Bertz CT molecular complexity index is 615. The van der Waals surface area contributed by atoms with E-state index in [1.807, 2.05) is 19.3 Å². The van der Waals surface area contributed by atoms with Crippen molar-refractivity contribution < 1.29 is 5.11 Å². The lowest BCUT2D eigenvalue weighted by Crippen LogP contribution is -2.38. The Hall–Kier alpha value is -0.840. The van der Waals surface area contributed by atoms with Crippen LogP contribution in [0, 0.1) is 0 Å². The van der Waals surface area contributed by atoms with Crippen molar-refractivity contribution in [1.29, 1.82) is 0 Å². The lowest BCUT2D eigenvalue weighted by molar-refractivity contribution is 0.184. The SMILES string of the molecule is CN=C(NCc1cnn(C)c1)NCC(O)c1ccc(Cl)s1.I. The van der Waals surface area contributed by atoms with E-state index in [-0.39, 0.29) is 24.0 Å². The molecular weight excluding hydrogens is 437 g/mol. The number of hydrogen-bond donors (Lipinski definition) is 3. The van der Waals surface area contributed by atoms with Crippen LogP contribution in [0.4, 0.5) is 0 Å². The van der Waals surface area contributed by atoms with Crippen molar-refractivity contribution in [3.05, 3.63) is 39.3 Å². The summed E-state index contributed by atoms with van der Waals surface area (Å²) in [4.78, 5) is 4.94. The van der Waals surface area contributed by atoms with Gasteiger partial charge in [0.2, 0.25) is 0 Å². The summed E-state index contributed by atoms with van der Waals surface area (Å²) in [6.45, 7) is 0.984. The first-order chi connectivity index (χ1) is 10.1. The fraction of sp³-hybridized carbons (Fsp3) is 0.385. The van der Waals surface area contributed by atoms with Gasteiger partial charge in [-0.15, -0.1) is 35.3 Å². The van der Waals surface area contributed by atoms with E-state index in [9.17, 15) is 5.11 Å². The molecule has 1 unspecified atom stereocenters. The number of aromatic nitrogens is 2. The van der Waals surface area contributed by atoms with Gasteiger partial charge in [-0.25, -0.2) is 0 Å². The van der Waals surface area contributed by atoms with Gasteiger partial charge >= 0.3 is 0 Å². The molecule has 9 heteroatoms. The highest BCUT2D eigenvalue weighted by atomic mass is 127. The van der Waals surface area contributed by atoms with E-state index < -0.39 is 6.10 Å². The maximum atomic E-state index is 10.1. The Morgan fingerprint density at radius 3 is 2.82 bits per heavy atom. The van der Waals surface area contributed by atoms with Crippen molar-refractivity contribution >= 4 is 52.9 Å². The van der Waals surface area contributed by atoms with Gasteiger partial charge in [0.15, 0.2) is 5.96 Å². The number of aryl methyl sites for hydroxylation is 1. The largest absolute Gasteiger partial charge is 0.386 e. The van der Waals surface area contributed by atoms with Gasteiger partial charge in [0, 0.05) is 43.8 Å². The fourth-order valence-electron chi connectivity index (χ4n) is 1.77. The van der Waals surface area contributed by atoms with Crippen molar-refractivity contribution in [1.82, 2.24) is 20.4 Å². The zero-order valence-corrected chi connectivity index (χ0v) is 16.2. The summed E-state index contributed by atoms with van der Waals surface area (Å²) in [5.74, 6) is 0.626. The second-order valence-electron chi connectivity index (χ2n) is 4.49. The van der Waals surface area contributed by atoms with E-state index in [4.69, 9.17) is 11.6 Å². The molecule has 2 aromatic rings. The van der Waals surface area contributed by atoms with E-state index in [1.54, 1.807) is 24.0 Å². The predicted molar refractivity (Wildman–Crippen MR) is 101 cm³/mol. The van der Waals surface area contributed by atoms with Crippen LogP contribution < -0.4 is 10.6 Å². The average molecular weight is 456 g/mol. The van der Waals surface area contributed by atoms with Gasteiger partial charge in [-0.1, -0.05) is 11.6 Å². The molecule has 0 aliphatic carbocycles. The number of aliphatic imine (C=N–C) groups is 1. The molecule has 0 saturated carbocycles. The van der Waals surface area contributed by atoms with Gasteiger partial charge in [0.25, 0.3) is 0 Å². The highest BCUT2D eigenvalue weighted by molar-refractivity contribution is 14.0. The zero-order valence-electron chi connectivity index (χ0n) is 12.3. The summed E-state index contributed by atoms with van der Waals surface area (Å²) in [5, 5.41) is 20.4. The molecule has 0 spiro atoms. The van der Waals surface area contributed by atoms with E-state index in [1.165, 1.54) is 11.3 Å². The zero-order chi connectivity index (χ0) is 15.2. The number of aliphatic hydroxyl groups excluding tert-OH is 1. The first-order valence-electron chi connectivity index (χ1n) is 6.44. The highest BCUT2D eigenvalue weighted by Crippen LogP contribution is 2.26. The Morgan fingerprint density at radius 1 is 1.50 bits per heavy atom. The van der Waals surface area contributed by atoms with Crippen molar-refractivity contribution in [2.24, 2.45) is 12.0 Å². The molecule has 2 rings (SSSR count). The summed E-state index contributed by atoms with van der Waals surface area (Å²) in [7, 11) is 3.56. The second kappa shape index (κ2) is 9.33. The third-order valence-electron chi connectivity index (χ3n) is 2.83. The molecule has 0 saturated heterocycles. The van der Waals surface area contributed by atoms with Crippen LogP contribution in [0.2, 0.25) is 4.34 Å². The molecule has 0 aliphatic rings. The minimum absolute atomic E-state index is 0. The Kier molecular flexibility index (Phi) is 8.15. The summed E-state index contributed by atoms with van der Waals surface area (Å²) in [5.41, 5.74) is 1.06. The molecule has 0 amide bonds. The van der Waals surface area contributed by atoms with Gasteiger partial charge in [-0.3, -0.25) is 9.67 Å². The minimum atomic E-state index is -0.612. The van der Waals surface area contributed by atoms with E-state index >= 15 is 0 Å². The minimum Gasteiger partial charge on any atom is -0.386 e. The first-order valence-corrected chi connectivity index (χ1v) is 7.63. The number of nitrogens with zero attached hydrogens (tertiary/aromatic N) is 3. The molecule has 1 atom stereocenters. The third kappa shape index (κ3) is 5.75. The number of nitrogens with one attached hydrogen (secondary N) is 2. The van der Waals surface area contributed by atoms with Gasteiger partial charge < -0.3 is 15.7 Å². The predicted octanol–water partition coefficient (Wildman–Crippen LogP) is 2.15. The molecule has 0 bridgehead atoms. The van der Waals surface area contributed by atoms with E-state index in [0.29, 0.717) is 23.4 Å². The monoisotopic (exact) mass is 455 g/mol. The topological polar surface area (TPSA) is 74.5 Å². The van der Waals surface area contributed by atoms with E-state index in [0.717, 1.165) is 10.4 Å². The number of hydrogen-bond acceptors (Lipinski definition) is 4. The normalized spacial score (nSPS) is 12.6. The van der Waals surface area contributed by atoms with Crippen LogP contribution in [-0.4, -0.2) is 34.4 Å². The molecule has 0 aromatic carbocycles. The van der Waals surface area contributed by atoms with Gasteiger partial charge in [0.05, 0.1) is 10.5 Å². The number of guanidine groups is 1. The molecule has 2 heterocycles. The molecule has 0 aliphatic heterocycles. The quantitative estimate of drug-likeness (QED) is 0.367. The number of rotatable bonds is 5. The number of aliphatic hydroxyl groups is 1. The molecule has 3 N–H and O–H groups in total. The summed E-state index contributed by atoms with van der Waals surface area (Å²) in [6, 6.07) is 3.60. The third-order valence-corrected chi connectivity index (χ3v) is 4.16. The molecule has 22 heavy (non-hydrogen) atoms. The lowest BCUT2D eigenvalue weighted by atomic mass is 10.3. The molecule has 0 radical (unpaired) electrons. The van der Waals surface area contributed by atoms with Gasteiger partial charge in [-0.05, 0) is 12.1 Å². The molecular formula is C13H19ClIN5OS. The van der Waals surface area contributed by atoms with Crippen LogP contribution in [0.15, 0.2) is 29.5 Å². The van der Waals surface area contributed by atoms with Crippen LogP contribution >= 0.6 is 46.9 Å². The Morgan fingerprint density at radius 2 is 2.27 bits per heavy atom. The van der Waals surface area contributed by atoms with Crippen LogP contribution in [0.5, 0.6) is 0 Å². The van der Waals surface area contributed by atoms with Crippen LogP contribution in [-0.2, 0) is 13.6 Å².